The Hall–Kier alpha value is -3.09. The van der Waals surface area contributed by atoms with Gasteiger partial charge in [0.1, 0.15) is 5.82 Å². The minimum atomic E-state index is -1.07. The lowest BCUT2D eigenvalue weighted by Gasteiger charge is -2.10. The Morgan fingerprint density at radius 2 is 2.07 bits per heavy atom. The summed E-state index contributed by atoms with van der Waals surface area (Å²) in [7, 11) is 0. The van der Waals surface area contributed by atoms with Crippen LogP contribution in [0.2, 0.25) is 0 Å². The summed E-state index contributed by atoms with van der Waals surface area (Å²) >= 11 is 2.01. The normalized spacial score (nSPS) is 10.4. The molecule has 2 N–H and O–H groups in total. The van der Waals surface area contributed by atoms with Crippen molar-refractivity contribution in [2.45, 2.75) is 6.92 Å². The fourth-order valence-corrected chi connectivity index (χ4v) is 2.60. The van der Waals surface area contributed by atoms with Crippen LogP contribution >= 0.6 is 22.6 Å². The van der Waals surface area contributed by atoms with Crippen LogP contribution < -0.4 is 10.6 Å². The molecule has 0 unspecified atom stereocenters. The van der Waals surface area contributed by atoms with Crippen LogP contribution in [0, 0.1) is 9.39 Å². The number of hydrogen-bond donors (Lipinski definition) is 2. The molecule has 0 spiro atoms. The lowest BCUT2D eigenvalue weighted by atomic mass is 10.2. The van der Waals surface area contributed by atoms with E-state index in [1.807, 2.05) is 22.6 Å². The standard InChI is InChI=1S/C17H13FIN5O4/c1-2-27-16(26)14(25)22-17-24-23-15(28-17)10-5-6-20-8-13(10)21-12-4-3-9(19)7-11(12)18/h3-8,21H,2H2,1H3,(H,22,24,25). The van der Waals surface area contributed by atoms with Gasteiger partial charge in [-0.1, -0.05) is 5.10 Å². The maximum Gasteiger partial charge on any atom is 0.397 e. The molecule has 0 saturated heterocycles. The molecule has 3 rings (SSSR count). The van der Waals surface area contributed by atoms with Crippen LogP contribution in [-0.2, 0) is 14.3 Å². The van der Waals surface area contributed by atoms with Crippen molar-refractivity contribution < 1.29 is 23.1 Å². The van der Waals surface area contributed by atoms with Crippen molar-refractivity contribution >= 4 is 51.9 Å². The van der Waals surface area contributed by atoms with E-state index in [0.717, 1.165) is 3.57 Å². The van der Waals surface area contributed by atoms with Crippen LogP contribution in [0.25, 0.3) is 11.5 Å². The number of pyridine rings is 1. The molecule has 0 atom stereocenters. The molecule has 1 aromatic carbocycles. The zero-order chi connectivity index (χ0) is 20.1. The zero-order valence-corrected chi connectivity index (χ0v) is 16.6. The number of nitrogens with zero attached hydrogens (tertiary/aromatic N) is 3. The first-order valence-electron chi connectivity index (χ1n) is 7.96. The van der Waals surface area contributed by atoms with Gasteiger partial charge in [0.05, 0.1) is 29.7 Å². The molecule has 0 radical (unpaired) electrons. The van der Waals surface area contributed by atoms with Gasteiger partial charge in [-0.3, -0.25) is 15.1 Å². The van der Waals surface area contributed by atoms with E-state index in [9.17, 15) is 14.0 Å². The maximum atomic E-state index is 14.1. The van der Waals surface area contributed by atoms with Gasteiger partial charge < -0.3 is 14.5 Å². The third kappa shape index (κ3) is 4.60. The first-order valence-corrected chi connectivity index (χ1v) is 9.04. The molecule has 0 fully saturated rings. The molecule has 3 aromatic rings. The number of benzene rings is 1. The molecule has 1 amide bonds. The molecule has 2 heterocycles. The highest BCUT2D eigenvalue weighted by Crippen LogP contribution is 2.30. The number of esters is 1. The van der Waals surface area contributed by atoms with Crippen LogP contribution in [0.4, 0.5) is 21.8 Å². The summed E-state index contributed by atoms with van der Waals surface area (Å²) < 4.78 is 24.8. The number of rotatable bonds is 5. The largest absolute Gasteiger partial charge is 0.459 e. The number of anilines is 3. The number of carbonyl (C=O) groups is 2. The Bertz CT molecular complexity index is 1030. The fourth-order valence-electron chi connectivity index (χ4n) is 2.14. The maximum absolute atomic E-state index is 14.1. The molecule has 144 valence electrons. The molecule has 28 heavy (non-hydrogen) atoms. The van der Waals surface area contributed by atoms with Gasteiger partial charge in [0.25, 0.3) is 5.89 Å². The summed E-state index contributed by atoms with van der Waals surface area (Å²) in [4.78, 5) is 27.0. The van der Waals surface area contributed by atoms with Crippen LogP contribution in [0.3, 0.4) is 0 Å². The van der Waals surface area contributed by atoms with E-state index in [0.29, 0.717) is 11.3 Å². The number of ether oxygens (including phenoxy) is 1. The van der Waals surface area contributed by atoms with Crippen LogP contribution in [0.1, 0.15) is 6.92 Å². The average molecular weight is 497 g/mol. The predicted molar refractivity (Wildman–Crippen MR) is 105 cm³/mol. The first kappa shape index (κ1) is 19.7. The van der Waals surface area contributed by atoms with Crippen molar-refractivity contribution in [2.75, 3.05) is 17.2 Å². The number of halogens is 2. The molecule has 11 heteroatoms. The average Bonchev–Trinajstić information content (AvgIpc) is 3.13. The van der Waals surface area contributed by atoms with Crippen LogP contribution in [0.5, 0.6) is 0 Å². The van der Waals surface area contributed by atoms with E-state index in [4.69, 9.17) is 4.42 Å². The molecule has 0 bridgehead atoms. The van der Waals surface area contributed by atoms with Gasteiger partial charge in [-0.15, -0.1) is 5.10 Å². The van der Waals surface area contributed by atoms with Gasteiger partial charge in [0.2, 0.25) is 0 Å². The Kier molecular flexibility index (Phi) is 6.13. The summed E-state index contributed by atoms with van der Waals surface area (Å²) in [5.74, 6) is -2.50. The highest BCUT2D eigenvalue weighted by molar-refractivity contribution is 14.1. The lowest BCUT2D eigenvalue weighted by Crippen LogP contribution is -2.25. The van der Waals surface area contributed by atoms with E-state index in [1.54, 1.807) is 25.1 Å². The Labute approximate surface area is 171 Å². The van der Waals surface area contributed by atoms with Gasteiger partial charge in [-0.05, 0) is 53.8 Å². The molecular weight excluding hydrogens is 484 g/mol. The van der Waals surface area contributed by atoms with Crippen molar-refractivity contribution in [1.82, 2.24) is 15.2 Å². The van der Waals surface area contributed by atoms with Gasteiger partial charge in [-0.25, -0.2) is 9.18 Å². The zero-order valence-electron chi connectivity index (χ0n) is 14.4. The number of carbonyl (C=O) groups excluding carboxylic acids is 2. The summed E-state index contributed by atoms with van der Waals surface area (Å²) in [6.45, 7) is 1.63. The van der Waals surface area contributed by atoms with Gasteiger partial charge >= 0.3 is 17.9 Å². The summed E-state index contributed by atoms with van der Waals surface area (Å²) in [5.41, 5.74) is 1.08. The van der Waals surface area contributed by atoms with E-state index >= 15 is 0 Å². The second-order valence-electron chi connectivity index (χ2n) is 5.26. The number of amides is 1. The lowest BCUT2D eigenvalue weighted by molar-refractivity contribution is -0.152. The monoisotopic (exact) mass is 497 g/mol. The van der Waals surface area contributed by atoms with Crippen molar-refractivity contribution in [1.29, 1.82) is 0 Å². The third-order valence-corrected chi connectivity index (χ3v) is 4.03. The molecule has 2 aromatic heterocycles. The fraction of sp³-hybridized carbons (Fsp3) is 0.118. The minimum absolute atomic E-state index is 0.0370. The SMILES string of the molecule is CCOC(=O)C(=O)Nc1nnc(-c2ccncc2Nc2ccc(I)cc2F)o1. The Balaban J connectivity index is 1.82. The molecule has 0 aliphatic rings. The number of hydrogen-bond acceptors (Lipinski definition) is 8. The Morgan fingerprint density at radius 1 is 1.25 bits per heavy atom. The van der Waals surface area contributed by atoms with Crippen molar-refractivity contribution in [3.05, 3.63) is 46.0 Å². The summed E-state index contributed by atoms with van der Waals surface area (Å²) in [5, 5.41) is 12.6. The Morgan fingerprint density at radius 3 is 2.82 bits per heavy atom. The summed E-state index contributed by atoms with van der Waals surface area (Å²) in [6, 6.07) is 6.02. The summed E-state index contributed by atoms with van der Waals surface area (Å²) in [6.07, 6.45) is 2.96. The van der Waals surface area contributed by atoms with E-state index in [2.05, 4.69) is 30.6 Å². The van der Waals surface area contributed by atoms with Crippen molar-refractivity contribution in [2.24, 2.45) is 0 Å². The van der Waals surface area contributed by atoms with E-state index in [-0.39, 0.29) is 24.2 Å². The van der Waals surface area contributed by atoms with Gasteiger partial charge in [0, 0.05) is 9.77 Å². The topological polar surface area (TPSA) is 119 Å². The second-order valence-corrected chi connectivity index (χ2v) is 6.50. The van der Waals surface area contributed by atoms with Crippen molar-refractivity contribution in [3.63, 3.8) is 0 Å². The molecular formula is C17H13FIN5O4. The highest BCUT2D eigenvalue weighted by atomic mass is 127. The molecule has 0 aliphatic heterocycles. The molecule has 0 saturated carbocycles. The highest BCUT2D eigenvalue weighted by Gasteiger charge is 2.20. The minimum Gasteiger partial charge on any atom is -0.459 e. The second kappa shape index (κ2) is 8.73. The number of nitrogens with one attached hydrogen (secondary N) is 2. The smallest absolute Gasteiger partial charge is 0.397 e. The number of aromatic nitrogens is 3. The predicted octanol–water partition coefficient (Wildman–Crippen LogP) is 3.12. The van der Waals surface area contributed by atoms with Crippen LogP contribution in [-0.4, -0.2) is 33.7 Å². The molecule has 0 aliphatic carbocycles. The van der Waals surface area contributed by atoms with Crippen molar-refractivity contribution in [3.8, 4) is 11.5 Å². The van der Waals surface area contributed by atoms with E-state index in [1.165, 1.54) is 18.5 Å². The van der Waals surface area contributed by atoms with Crippen LogP contribution in [0.15, 0.2) is 41.1 Å². The first-order chi connectivity index (χ1) is 13.5. The van der Waals surface area contributed by atoms with E-state index < -0.39 is 17.7 Å². The quantitative estimate of drug-likeness (QED) is 0.314. The molecule has 9 nitrogen and oxygen atoms in total. The third-order valence-electron chi connectivity index (χ3n) is 3.36. The van der Waals surface area contributed by atoms with Gasteiger partial charge in [-0.2, -0.15) is 0 Å². The van der Waals surface area contributed by atoms with Gasteiger partial charge in [0.15, 0.2) is 0 Å².